The second kappa shape index (κ2) is 11.2. The molecule has 37 heavy (non-hydrogen) atoms. The van der Waals surface area contributed by atoms with Crippen molar-refractivity contribution >= 4 is 17.4 Å². The number of nitrogens with one attached hydrogen (secondary N) is 1. The van der Waals surface area contributed by atoms with Gasteiger partial charge in [0.1, 0.15) is 17.7 Å². The Bertz CT molecular complexity index is 1240. The number of carbonyl (C=O) groups excluding carboxylic acids is 1. The molecule has 1 saturated heterocycles. The van der Waals surface area contributed by atoms with Gasteiger partial charge in [0.15, 0.2) is 5.58 Å². The first kappa shape index (κ1) is 25.7. The number of amides is 1. The van der Waals surface area contributed by atoms with Crippen LogP contribution in [0.2, 0.25) is 0 Å². The van der Waals surface area contributed by atoms with Gasteiger partial charge in [0.05, 0.1) is 18.9 Å². The van der Waals surface area contributed by atoms with E-state index in [2.05, 4.69) is 41.4 Å². The highest BCUT2D eigenvalue weighted by molar-refractivity contribution is 5.79. The van der Waals surface area contributed by atoms with Gasteiger partial charge in [-0.2, -0.15) is 0 Å². The lowest BCUT2D eigenvalue weighted by Crippen LogP contribution is -2.42. The van der Waals surface area contributed by atoms with Crippen molar-refractivity contribution < 1.29 is 23.2 Å². The minimum absolute atomic E-state index is 0.101. The van der Waals surface area contributed by atoms with Crippen LogP contribution in [-0.2, 0) is 16.0 Å². The maximum absolute atomic E-state index is 13.5. The number of hydrogen-bond acceptors (Lipinski definition) is 6. The van der Waals surface area contributed by atoms with Gasteiger partial charge in [-0.25, -0.2) is 4.39 Å². The molecule has 1 aromatic heterocycles. The predicted octanol–water partition coefficient (Wildman–Crippen LogP) is 4.92. The molecule has 3 atom stereocenters. The Kier molecular flexibility index (Phi) is 7.76. The van der Waals surface area contributed by atoms with E-state index in [-0.39, 0.29) is 23.9 Å². The summed E-state index contributed by atoms with van der Waals surface area (Å²) in [5.74, 6) is 1.32. The fourth-order valence-corrected chi connectivity index (χ4v) is 6.03. The highest BCUT2D eigenvalue weighted by Gasteiger charge is 2.36. The van der Waals surface area contributed by atoms with Gasteiger partial charge >= 0.3 is 0 Å². The van der Waals surface area contributed by atoms with Crippen LogP contribution in [-0.4, -0.2) is 55.9 Å². The first-order valence-corrected chi connectivity index (χ1v) is 13.2. The summed E-state index contributed by atoms with van der Waals surface area (Å²) in [6.07, 6.45) is 4.61. The molecule has 5 rings (SSSR count). The Balaban J connectivity index is 1.19. The van der Waals surface area contributed by atoms with E-state index < -0.39 is 0 Å². The van der Waals surface area contributed by atoms with E-state index in [0.717, 1.165) is 79.7 Å². The first-order chi connectivity index (χ1) is 18.0. The largest absolute Gasteiger partial charge is 0.496 e. The first-order valence-electron chi connectivity index (χ1n) is 13.2. The topological polar surface area (TPSA) is 76.8 Å². The van der Waals surface area contributed by atoms with Gasteiger partial charge < -0.3 is 24.2 Å². The molecular formula is C29H36FN3O4. The third kappa shape index (κ3) is 5.36. The maximum Gasteiger partial charge on any atom is 0.207 e. The number of benzene rings is 2. The Morgan fingerprint density at radius 2 is 2.08 bits per heavy atom. The Hall–Kier alpha value is -2.97. The Labute approximate surface area is 217 Å². The number of likely N-dealkylation sites (tertiary alicyclic amines) is 1. The molecule has 1 N–H and O–H groups in total. The van der Waals surface area contributed by atoms with Crippen LogP contribution in [0.1, 0.15) is 60.6 Å². The van der Waals surface area contributed by atoms with Gasteiger partial charge in [-0.1, -0.05) is 24.2 Å². The summed E-state index contributed by atoms with van der Waals surface area (Å²) in [5, 5.41) is 7.93. The van der Waals surface area contributed by atoms with E-state index in [1.807, 2.05) is 0 Å². The second-order valence-electron chi connectivity index (χ2n) is 10.5. The standard InChI is InChI=1S/C29H36FN3O4/c1-18(28-23-7-5-21(30)14-26(23)37-32-28)8-11-33-12-9-20(10-13-33)25-15-24-22(27(36-25)16-31-17-34)6-4-19(2)29(24)35-3/h4-7,14,17-18,20,25,27H,8-13,15-16H2,1-3H3,(H,31,34)/t18?,25-,27-/m0/s1. The van der Waals surface area contributed by atoms with E-state index in [1.165, 1.54) is 17.7 Å². The van der Waals surface area contributed by atoms with Gasteiger partial charge in [-0.3, -0.25) is 4.79 Å². The van der Waals surface area contributed by atoms with Crippen molar-refractivity contribution in [2.24, 2.45) is 5.92 Å². The van der Waals surface area contributed by atoms with Gasteiger partial charge in [-0.05, 0) is 75.0 Å². The van der Waals surface area contributed by atoms with E-state index in [4.69, 9.17) is 14.0 Å². The van der Waals surface area contributed by atoms with E-state index in [0.29, 0.717) is 18.0 Å². The number of rotatable bonds is 9. The molecule has 198 valence electrons. The molecule has 3 heterocycles. The number of carbonyl (C=O) groups is 1. The quantitative estimate of drug-likeness (QED) is 0.413. The van der Waals surface area contributed by atoms with Crippen LogP contribution < -0.4 is 10.1 Å². The number of aromatic nitrogens is 1. The van der Waals surface area contributed by atoms with Crippen LogP contribution in [0.4, 0.5) is 4.39 Å². The molecule has 2 aliphatic heterocycles. The van der Waals surface area contributed by atoms with Crippen LogP contribution in [0, 0.1) is 18.7 Å². The Morgan fingerprint density at radius 1 is 1.27 bits per heavy atom. The normalized spacial score (nSPS) is 21.5. The fraction of sp³-hybridized carbons (Fsp3) is 0.517. The number of fused-ring (bicyclic) bond motifs is 2. The van der Waals surface area contributed by atoms with Crippen LogP contribution >= 0.6 is 0 Å². The van der Waals surface area contributed by atoms with Crippen molar-refractivity contribution in [3.05, 3.63) is 58.5 Å². The summed E-state index contributed by atoms with van der Waals surface area (Å²) in [4.78, 5) is 13.5. The summed E-state index contributed by atoms with van der Waals surface area (Å²) in [6.45, 7) is 7.72. The highest BCUT2D eigenvalue weighted by atomic mass is 19.1. The van der Waals surface area contributed by atoms with Crippen molar-refractivity contribution in [1.82, 2.24) is 15.4 Å². The van der Waals surface area contributed by atoms with Gasteiger partial charge in [0.2, 0.25) is 6.41 Å². The molecule has 1 fully saturated rings. The zero-order valence-corrected chi connectivity index (χ0v) is 21.8. The van der Waals surface area contributed by atoms with Crippen LogP contribution in [0.15, 0.2) is 34.9 Å². The minimum atomic E-state index is -0.309. The lowest BCUT2D eigenvalue weighted by atomic mass is 9.83. The minimum Gasteiger partial charge on any atom is -0.496 e. The van der Waals surface area contributed by atoms with Crippen LogP contribution in [0.5, 0.6) is 5.75 Å². The van der Waals surface area contributed by atoms with Crippen molar-refractivity contribution in [1.29, 1.82) is 0 Å². The molecule has 0 aliphatic carbocycles. The van der Waals surface area contributed by atoms with Gasteiger partial charge in [-0.15, -0.1) is 0 Å². The van der Waals surface area contributed by atoms with E-state index in [9.17, 15) is 9.18 Å². The lowest BCUT2D eigenvalue weighted by Gasteiger charge is -2.41. The summed E-state index contributed by atoms with van der Waals surface area (Å²) >= 11 is 0. The molecule has 2 aromatic carbocycles. The molecular weight excluding hydrogens is 473 g/mol. The second-order valence-corrected chi connectivity index (χ2v) is 10.5. The monoisotopic (exact) mass is 509 g/mol. The average molecular weight is 510 g/mol. The number of halogens is 1. The van der Waals surface area contributed by atoms with Gasteiger partial charge in [0.25, 0.3) is 0 Å². The van der Waals surface area contributed by atoms with Crippen molar-refractivity contribution in [3.8, 4) is 5.75 Å². The number of piperidine rings is 1. The predicted molar refractivity (Wildman–Crippen MR) is 139 cm³/mol. The molecule has 8 heteroatoms. The molecule has 0 saturated carbocycles. The summed E-state index contributed by atoms with van der Waals surface area (Å²) in [7, 11) is 1.73. The molecule has 2 aliphatic rings. The van der Waals surface area contributed by atoms with E-state index >= 15 is 0 Å². The summed E-state index contributed by atoms with van der Waals surface area (Å²) < 4.78 is 31.2. The van der Waals surface area contributed by atoms with Crippen LogP contribution in [0.3, 0.4) is 0 Å². The molecule has 0 radical (unpaired) electrons. The van der Waals surface area contributed by atoms with Crippen molar-refractivity contribution in [3.63, 3.8) is 0 Å². The lowest BCUT2D eigenvalue weighted by molar-refractivity contribution is -0.111. The zero-order chi connectivity index (χ0) is 25.9. The molecule has 0 spiro atoms. The number of hydrogen-bond donors (Lipinski definition) is 1. The zero-order valence-electron chi connectivity index (χ0n) is 21.8. The molecule has 7 nitrogen and oxygen atoms in total. The Morgan fingerprint density at radius 3 is 2.84 bits per heavy atom. The van der Waals surface area contributed by atoms with Crippen molar-refractivity contribution in [2.45, 2.75) is 57.7 Å². The van der Waals surface area contributed by atoms with Crippen LogP contribution in [0.25, 0.3) is 11.0 Å². The average Bonchev–Trinajstić information content (AvgIpc) is 3.33. The smallest absolute Gasteiger partial charge is 0.207 e. The number of ether oxygens (including phenoxy) is 2. The number of methoxy groups -OCH3 is 1. The third-order valence-electron chi connectivity index (χ3n) is 8.14. The highest BCUT2D eigenvalue weighted by Crippen LogP contribution is 2.41. The molecule has 0 bridgehead atoms. The number of nitrogens with zero attached hydrogens (tertiary/aromatic N) is 2. The van der Waals surface area contributed by atoms with Gasteiger partial charge in [0, 0.05) is 35.9 Å². The third-order valence-corrected chi connectivity index (χ3v) is 8.14. The molecule has 1 unspecified atom stereocenters. The number of aryl methyl sites for hydroxylation is 1. The van der Waals surface area contributed by atoms with E-state index in [1.54, 1.807) is 13.2 Å². The SMILES string of the molecule is COc1c(C)ccc2c1C[C@@H](C1CCN(CCC(C)c3noc4cc(F)ccc34)CC1)O[C@H]2CNC=O. The fourth-order valence-electron chi connectivity index (χ4n) is 6.03. The summed E-state index contributed by atoms with van der Waals surface area (Å²) in [5.41, 5.74) is 4.86. The molecule has 1 amide bonds. The maximum atomic E-state index is 13.5. The molecule has 3 aromatic rings. The van der Waals surface area contributed by atoms with Crippen molar-refractivity contribution in [2.75, 3.05) is 33.3 Å². The summed E-state index contributed by atoms with van der Waals surface area (Å²) in [6, 6.07) is 8.79.